The molecule has 0 radical (unpaired) electrons. The van der Waals surface area contributed by atoms with Crippen molar-refractivity contribution in [3.63, 3.8) is 0 Å². The number of fused-ring (bicyclic) bond motifs is 1. The number of halogens is 1. The average molecular weight is 419 g/mol. The van der Waals surface area contributed by atoms with Gasteiger partial charge in [-0.05, 0) is 49.1 Å². The molecule has 1 aromatic heterocycles. The molecule has 1 aromatic carbocycles. The van der Waals surface area contributed by atoms with Crippen LogP contribution in [0.15, 0.2) is 27.4 Å². The standard InChI is InChI=1S/C22H27ClN2O4/c1-2-15-10-20-18(12-19(15)23)17(11-21(26)29-20)14-24-5-3-4-16(13-24)22(27)25-6-8-28-9-7-25/h10-12,16H,2-9,13-14H2,1H3/t16-/m0/s1. The number of aryl methyl sites for hydroxylation is 1. The summed E-state index contributed by atoms with van der Waals surface area (Å²) in [5, 5.41) is 1.56. The summed E-state index contributed by atoms with van der Waals surface area (Å²) in [6.45, 7) is 6.85. The highest BCUT2D eigenvalue weighted by molar-refractivity contribution is 6.32. The first-order valence-corrected chi connectivity index (χ1v) is 10.8. The third-order valence-corrected chi connectivity index (χ3v) is 6.30. The summed E-state index contributed by atoms with van der Waals surface area (Å²) >= 11 is 6.41. The van der Waals surface area contributed by atoms with Crippen LogP contribution in [0.4, 0.5) is 0 Å². The molecule has 0 unspecified atom stereocenters. The van der Waals surface area contributed by atoms with E-state index in [4.69, 9.17) is 20.8 Å². The van der Waals surface area contributed by atoms with Gasteiger partial charge in [0.25, 0.3) is 0 Å². The van der Waals surface area contributed by atoms with E-state index in [1.165, 1.54) is 0 Å². The number of carbonyl (C=O) groups excluding carboxylic acids is 1. The summed E-state index contributed by atoms with van der Waals surface area (Å²) in [5.74, 6) is 0.231. The number of likely N-dealkylation sites (tertiary alicyclic amines) is 1. The number of hydrogen-bond donors (Lipinski definition) is 0. The summed E-state index contributed by atoms with van der Waals surface area (Å²) in [6, 6.07) is 5.32. The molecule has 29 heavy (non-hydrogen) atoms. The molecular weight excluding hydrogens is 392 g/mol. The number of carbonyl (C=O) groups is 1. The molecule has 0 bridgehead atoms. The monoisotopic (exact) mass is 418 g/mol. The number of ether oxygens (including phenoxy) is 1. The molecule has 0 saturated carbocycles. The van der Waals surface area contributed by atoms with E-state index in [-0.39, 0.29) is 17.5 Å². The van der Waals surface area contributed by atoms with Gasteiger partial charge in [0.05, 0.1) is 19.1 Å². The van der Waals surface area contributed by atoms with Crippen molar-refractivity contribution >= 4 is 28.5 Å². The van der Waals surface area contributed by atoms with Crippen molar-refractivity contribution in [2.24, 2.45) is 5.92 Å². The van der Waals surface area contributed by atoms with Gasteiger partial charge in [0.1, 0.15) is 5.58 Å². The lowest BCUT2D eigenvalue weighted by molar-refractivity contribution is -0.141. The molecule has 7 heteroatoms. The molecule has 2 aromatic rings. The predicted molar refractivity (Wildman–Crippen MR) is 112 cm³/mol. The maximum atomic E-state index is 12.9. The molecule has 1 amide bonds. The smallest absolute Gasteiger partial charge is 0.336 e. The van der Waals surface area contributed by atoms with Gasteiger partial charge in [-0.2, -0.15) is 0 Å². The predicted octanol–water partition coefficient (Wildman–Crippen LogP) is 3.08. The fourth-order valence-electron chi connectivity index (χ4n) is 4.37. The zero-order valence-corrected chi connectivity index (χ0v) is 17.5. The third-order valence-electron chi connectivity index (χ3n) is 5.95. The van der Waals surface area contributed by atoms with Gasteiger partial charge in [-0.3, -0.25) is 9.69 Å². The first-order valence-electron chi connectivity index (χ1n) is 10.4. The van der Waals surface area contributed by atoms with Crippen LogP contribution in [0, 0.1) is 5.92 Å². The van der Waals surface area contributed by atoms with E-state index in [0.717, 1.165) is 42.3 Å². The Morgan fingerprint density at radius 2 is 1.97 bits per heavy atom. The summed E-state index contributed by atoms with van der Waals surface area (Å²) in [6.07, 6.45) is 2.66. The fourth-order valence-corrected chi connectivity index (χ4v) is 4.67. The number of benzene rings is 1. The first-order chi connectivity index (χ1) is 14.0. The molecular formula is C22H27ClN2O4. The zero-order valence-electron chi connectivity index (χ0n) is 16.8. The Hall–Kier alpha value is -1.89. The van der Waals surface area contributed by atoms with E-state index in [2.05, 4.69) is 4.90 Å². The van der Waals surface area contributed by atoms with Gasteiger partial charge in [0, 0.05) is 42.7 Å². The maximum Gasteiger partial charge on any atom is 0.336 e. The Labute approximate surface area is 175 Å². The highest BCUT2D eigenvalue weighted by atomic mass is 35.5. The van der Waals surface area contributed by atoms with Crippen LogP contribution in [-0.2, 0) is 22.5 Å². The van der Waals surface area contributed by atoms with Crippen LogP contribution < -0.4 is 5.63 Å². The molecule has 4 rings (SSSR count). The maximum absolute atomic E-state index is 12.9. The molecule has 2 aliphatic heterocycles. The molecule has 2 fully saturated rings. The number of nitrogens with zero attached hydrogens (tertiary/aromatic N) is 2. The Bertz CT molecular complexity index is 952. The Morgan fingerprint density at radius 3 is 2.72 bits per heavy atom. The van der Waals surface area contributed by atoms with Crippen molar-refractivity contribution < 1.29 is 13.9 Å². The molecule has 3 heterocycles. The molecule has 2 saturated heterocycles. The van der Waals surface area contributed by atoms with Crippen molar-refractivity contribution in [1.82, 2.24) is 9.80 Å². The summed E-state index contributed by atoms with van der Waals surface area (Å²) in [5.41, 5.74) is 2.09. The molecule has 2 aliphatic rings. The summed E-state index contributed by atoms with van der Waals surface area (Å²) in [7, 11) is 0. The van der Waals surface area contributed by atoms with E-state index < -0.39 is 0 Å². The van der Waals surface area contributed by atoms with Crippen molar-refractivity contribution in [3.05, 3.63) is 44.8 Å². The van der Waals surface area contributed by atoms with Crippen molar-refractivity contribution in [2.45, 2.75) is 32.7 Å². The highest BCUT2D eigenvalue weighted by Gasteiger charge is 2.30. The van der Waals surface area contributed by atoms with Crippen LogP contribution in [0.1, 0.15) is 30.9 Å². The lowest BCUT2D eigenvalue weighted by atomic mass is 9.95. The molecule has 6 nitrogen and oxygen atoms in total. The van der Waals surface area contributed by atoms with E-state index in [1.807, 2.05) is 24.0 Å². The van der Waals surface area contributed by atoms with Gasteiger partial charge in [0.15, 0.2) is 0 Å². The minimum absolute atomic E-state index is 0.00326. The minimum Gasteiger partial charge on any atom is -0.423 e. The van der Waals surface area contributed by atoms with Crippen LogP contribution in [0.5, 0.6) is 0 Å². The quantitative estimate of drug-likeness (QED) is 0.714. The van der Waals surface area contributed by atoms with Crippen molar-refractivity contribution in [2.75, 3.05) is 39.4 Å². The topological polar surface area (TPSA) is 63.0 Å². The number of amides is 1. The number of rotatable bonds is 4. The normalized spacial score (nSPS) is 20.9. The van der Waals surface area contributed by atoms with Crippen LogP contribution in [-0.4, -0.2) is 55.1 Å². The molecule has 156 valence electrons. The van der Waals surface area contributed by atoms with Crippen molar-refractivity contribution in [3.8, 4) is 0 Å². The second-order valence-corrected chi connectivity index (χ2v) is 8.30. The second-order valence-electron chi connectivity index (χ2n) is 7.90. The minimum atomic E-state index is -0.352. The van der Waals surface area contributed by atoms with Crippen molar-refractivity contribution in [1.29, 1.82) is 0 Å². The SMILES string of the molecule is CCc1cc2oc(=O)cc(CN3CCC[C@H](C(=O)N4CCOCC4)C3)c2cc1Cl. The lowest BCUT2D eigenvalue weighted by Crippen LogP contribution is -2.48. The Morgan fingerprint density at radius 1 is 1.17 bits per heavy atom. The molecule has 0 spiro atoms. The van der Waals surface area contributed by atoms with Gasteiger partial charge >= 0.3 is 5.63 Å². The van der Waals surface area contributed by atoms with E-state index in [0.29, 0.717) is 50.0 Å². The lowest BCUT2D eigenvalue weighted by Gasteiger charge is -2.36. The van der Waals surface area contributed by atoms with Crippen LogP contribution in [0.25, 0.3) is 11.0 Å². The Balaban J connectivity index is 1.54. The van der Waals surface area contributed by atoms with Gasteiger partial charge in [-0.15, -0.1) is 0 Å². The molecule has 0 aliphatic carbocycles. The van der Waals surface area contributed by atoms with Crippen LogP contribution >= 0.6 is 11.6 Å². The largest absolute Gasteiger partial charge is 0.423 e. The summed E-state index contributed by atoms with van der Waals surface area (Å²) < 4.78 is 10.8. The van der Waals surface area contributed by atoms with Crippen LogP contribution in [0.2, 0.25) is 5.02 Å². The summed E-state index contributed by atoms with van der Waals surface area (Å²) in [4.78, 5) is 29.2. The van der Waals surface area contributed by atoms with Gasteiger partial charge in [-0.1, -0.05) is 18.5 Å². The molecule has 0 N–H and O–H groups in total. The zero-order chi connectivity index (χ0) is 20.4. The first kappa shape index (κ1) is 20.4. The van der Waals surface area contributed by atoms with Crippen LogP contribution in [0.3, 0.4) is 0 Å². The van der Waals surface area contributed by atoms with Gasteiger partial charge < -0.3 is 14.1 Å². The number of piperidine rings is 1. The second kappa shape index (κ2) is 8.86. The highest BCUT2D eigenvalue weighted by Crippen LogP contribution is 2.28. The molecule has 1 atom stereocenters. The van der Waals surface area contributed by atoms with Gasteiger partial charge in [0.2, 0.25) is 5.91 Å². The van der Waals surface area contributed by atoms with E-state index in [9.17, 15) is 9.59 Å². The van der Waals surface area contributed by atoms with E-state index in [1.54, 1.807) is 6.07 Å². The number of morpholine rings is 1. The fraction of sp³-hybridized carbons (Fsp3) is 0.545. The average Bonchev–Trinajstić information content (AvgIpc) is 2.74. The Kier molecular flexibility index (Phi) is 6.23. The third kappa shape index (κ3) is 4.49. The number of hydrogen-bond acceptors (Lipinski definition) is 5. The van der Waals surface area contributed by atoms with E-state index >= 15 is 0 Å². The van der Waals surface area contributed by atoms with Gasteiger partial charge in [-0.25, -0.2) is 4.79 Å².